The molecule has 6 nitrogen and oxygen atoms in total. The van der Waals surface area contributed by atoms with Crippen molar-refractivity contribution in [3.05, 3.63) is 71.1 Å². The minimum absolute atomic E-state index is 0.252. The molecule has 0 fully saturated rings. The molecule has 6 heteroatoms. The number of aryl methyl sites for hydroxylation is 2. The number of nitrogens with one attached hydrogen (secondary N) is 2. The van der Waals surface area contributed by atoms with Gasteiger partial charge in [-0.2, -0.15) is 0 Å². The first-order valence-electron chi connectivity index (χ1n) is 8.97. The first kappa shape index (κ1) is 18.6. The lowest BCUT2D eigenvalue weighted by Crippen LogP contribution is -2.17. The molecule has 0 aliphatic heterocycles. The number of anilines is 2. The number of carbonyl (C=O) groups excluding carboxylic acids is 1. The van der Waals surface area contributed by atoms with Crippen molar-refractivity contribution in [2.45, 2.75) is 40.2 Å². The number of carbonyl (C=O) groups is 1. The third kappa shape index (κ3) is 4.53. The molecular formula is C21H24N4O2. The number of hydrogen-bond donors (Lipinski definition) is 2. The number of nitrogens with zero attached hydrogens (tertiary/aromatic N) is 2. The van der Waals surface area contributed by atoms with E-state index in [4.69, 9.17) is 4.42 Å². The fraction of sp³-hybridized carbons (Fsp3) is 0.286. The molecule has 1 amide bonds. The monoisotopic (exact) mass is 364 g/mol. The highest BCUT2D eigenvalue weighted by molar-refractivity contribution is 6.04. The maximum Gasteiger partial charge on any atom is 0.274 e. The average Bonchev–Trinajstić information content (AvgIpc) is 3.14. The van der Waals surface area contributed by atoms with Gasteiger partial charge < -0.3 is 15.1 Å². The van der Waals surface area contributed by atoms with E-state index >= 15 is 0 Å². The summed E-state index contributed by atoms with van der Waals surface area (Å²) in [6.07, 6.45) is 1.62. The lowest BCUT2D eigenvalue weighted by Gasteiger charge is -2.16. The Morgan fingerprint density at radius 3 is 2.67 bits per heavy atom. The lowest BCUT2D eigenvalue weighted by atomic mass is 9.98. The van der Waals surface area contributed by atoms with Crippen molar-refractivity contribution < 1.29 is 9.21 Å². The Morgan fingerprint density at radius 2 is 1.96 bits per heavy atom. The Kier molecular flexibility index (Phi) is 5.54. The maximum absolute atomic E-state index is 12.8. The van der Waals surface area contributed by atoms with E-state index in [9.17, 15) is 4.79 Å². The summed E-state index contributed by atoms with van der Waals surface area (Å²) in [4.78, 5) is 21.5. The average molecular weight is 364 g/mol. The summed E-state index contributed by atoms with van der Waals surface area (Å²) in [5, 5.41) is 6.19. The van der Waals surface area contributed by atoms with Crippen molar-refractivity contribution >= 4 is 17.4 Å². The molecular weight excluding hydrogens is 340 g/mol. The Bertz CT molecular complexity index is 933. The summed E-state index contributed by atoms with van der Waals surface area (Å²) in [5.41, 5.74) is 3.29. The van der Waals surface area contributed by atoms with Crippen molar-refractivity contribution in [1.82, 2.24) is 9.97 Å². The van der Waals surface area contributed by atoms with E-state index in [1.807, 2.05) is 37.3 Å². The summed E-state index contributed by atoms with van der Waals surface area (Å²) >= 11 is 0. The van der Waals surface area contributed by atoms with Crippen LogP contribution in [0.15, 0.2) is 47.1 Å². The van der Waals surface area contributed by atoms with Crippen LogP contribution in [-0.2, 0) is 6.54 Å². The van der Waals surface area contributed by atoms with Gasteiger partial charge in [0.15, 0.2) is 0 Å². The Hall–Kier alpha value is -3.15. The summed E-state index contributed by atoms with van der Waals surface area (Å²) in [5.74, 6) is 1.95. The summed E-state index contributed by atoms with van der Waals surface area (Å²) in [7, 11) is 0. The van der Waals surface area contributed by atoms with Crippen LogP contribution in [0.5, 0.6) is 0 Å². The second-order valence-electron chi connectivity index (χ2n) is 6.77. The number of aromatic nitrogens is 2. The van der Waals surface area contributed by atoms with Crippen molar-refractivity contribution in [2.24, 2.45) is 0 Å². The third-order valence-electron chi connectivity index (χ3n) is 4.26. The highest BCUT2D eigenvalue weighted by atomic mass is 16.3. The molecule has 0 bridgehead atoms. The highest BCUT2D eigenvalue weighted by Gasteiger charge is 2.15. The molecule has 0 saturated carbocycles. The van der Waals surface area contributed by atoms with E-state index in [1.54, 1.807) is 19.3 Å². The fourth-order valence-electron chi connectivity index (χ4n) is 2.89. The smallest absolute Gasteiger partial charge is 0.274 e. The molecule has 0 atom stereocenters. The zero-order chi connectivity index (χ0) is 19.4. The van der Waals surface area contributed by atoms with E-state index in [0.717, 1.165) is 22.6 Å². The van der Waals surface area contributed by atoms with Crippen molar-refractivity contribution in [1.29, 1.82) is 0 Å². The number of para-hydroxylation sites is 1. The molecule has 2 aromatic heterocycles. The van der Waals surface area contributed by atoms with Gasteiger partial charge in [-0.05, 0) is 43.0 Å². The van der Waals surface area contributed by atoms with Crippen LogP contribution < -0.4 is 10.6 Å². The van der Waals surface area contributed by atoms with E-state index in [1.165, 1.54) is 0 Å². The molecule has 0 aliphatic carbocycles. The SMILES string of the molecule is Cc1nc(NCc2ccco2)cc(C(=O)Nc2c(C)cccc2C(C)C)n1. The van der Waals surface area contributed by atoms with E-state index in [0.29, 0.717) is 29.8 Å². The molecule has 0 spiro atoms. The Morgan fingerprint density at radius 1 is 1.15 bits per heavy atom. The predicted molar refractivity (Wildman–Crippen MR) is 106 cm³/mol. The van der Waals surface area contributed by atoms with Gasteiger partial charge in [-0.3, -0.25) is 4.79 Å². The minimum atomic E-state index is -0.252. The molecule has 140 valence electrons. The molecule has 0 aliphatic rings. The maximum atomic E-state index is 12.8. The van der Waals surface area contributed by atoms with Gasteiger partial charge in [0.2, 0.25) is 0 Å². The van der Waals surface area contributed by atoms with Gasteiger partial charge in [0.25, 0.3) is 5.91 Å². The molecule has 0 radical (unpaired) electrons. The zero-order valence-corrected chi connectivity index (χ0v) is 16.0. The van der Waals surface area contributed by atoms with Gasteiger partial charge >= 0.3 is 0 Å². The van der Waals surface area contributed by atoms with Crippen molar-refractivity contribution in [3.8, 4) is 0 Å². The summed E-state index contributed by atoms with van der Waals surface area (Å²) < 4.78 is 5.31. The standard InChI is InChI=1S/C21H24N4O2/c1-13(2)17-9-5-7-14(3)20(17)25-21(26)18-11-19(24-15(4)23-18)22-12-16-8-6-10-27-16/h5-11,13H,12H2,1-4H3,(H,25,26)(H,22,23,24). The molecule has 2 N–H and O–H groups in total. The minimum Gasteiger partial charge on any atom is -0.467 e. The summed E-state index contributed by atoms with van der Waals surface area (Å²) in [6.45, 7) is 8.46. The van der Waals surface area contributed by atoms with Crippen LogP contribution in [0, 0.1) is 13.8 Å². The number of hydrogen-bond acceptors (Lipinski definition) is 5. The molecule has 27 heavy (non-hydrogen) atoms. The Balaban J connectivity index is 1.81. The Labute approximate surface area is 159 Å². The van der Waals surface area contributed by atoms with Crippen molar-refractivity contribution in [3.63, 3.8) is 0 Å². The highest BCUT2D eigenvalue weighted by Crippen LogP contribution is 2.27. The van der Waals surface area contributed by atoms with E-state index in [2.05, 4.69) is 34.4 Å². The normalized spacial score (nSPS) is 10.9. The first-order valence-corrected chi connectivity index (χ1v) is 8.97. The van der Waals surface area contributed by atoms with Crippen LogP contribution in [0.3, 0.4) is 0 Å². The van der Waals surface area contributed by atoms with Gasteiger partial charge in [-0.25, -0.2) is 9.97 Å². The van der Waals surface area contributed by atoms with Crippen molar-refractivity contribution in [2.75, 3.05) is 10.6 Å². The third-order valence-corrected chi connectivity index (χ3v) is 4.26. The van der Waals surface area contributed by atoms with Gasteiger partial charge in [-0.15, -0.1) is 0 Å². The van der Waals surface area contributed by atoms with Gasteiger partial charge in [0, 0.05) is 11.8 Å². The van der Waals surface area contributed by atoms with Crippen LogP contribution in [0.4, 0.5) is 11.5 Å². The van der Waals surface area contributed by atoms with Gasteiger partial charge in [0.1, 0.15) is 23.1 Å². The first-order chi connectivity index (χ1) is 12.9. The zero-order valence-electron chi connectivity index (χ0n) is 16.0. The molecule has 0 saturated heterocycles. The molecule has 0 unspecified atom stereocenters. The topological polar surface area (TPSA) is 80.0 Å². The largest absolute Gasteiger partial charge is 0.467 e. The molecule has 1 aromatic carbocycles. The molecule has 3 aromatic rings. The quantitative estimate of drug-likeness (QED) is 0.664. The number of amides is 1. The van der Waals surface area contributed by atoms with Crippen LogP contribution in [0.1, 0.15) is 53.0 Å². The predicted octanol–water partition coefficient (Wildman–Crippen LogP) is 4.67. The van der Waals surface area contributed by atoms with Crippen LogP contribution in [0.2, 0.25) is 0 Å². The number of benzene rings is 1. The number of furan rings is 1. The van der Waals surface area contributed by atoms with Crippen LogP contribution in [0.25, 0.3) is 0 Å². The van der Waals surface area contributed by atoms with E-state index in [-0.39, 0.29) is 5.91 Å². The lowest BCUT2D eigenvalue weighted by molar-refractivity contribution is 0.102. The van der Waals surface area contributed by atoms with Crippen LogP contribution in [-0.4, -0.2) is 15.9 Å². The number of rotatable bonds is 6. The van der Waals surface area contributed by atoms with Gasteiger partial charge in [-0.1, -0.05) is 32.0 Å². The molecule has 2 heterocycles. The van der Waals surface area contributed by atoms with E-state index < -0.39 is 0 Å². The summed E-state index contributed by atoms with van der Waals surface area (Å²) in [6, 6.07) is 11.4. The fourth-order valence-corrected chi connectivity index (χ4v) is 2.89. The second-order valence-corrected chi connectivity index (χ2v) is 6.77. The molecule has 3 rings (SSSR count). The second kappa shape index (κ2) is 8.03. The van der Waals surface area contributed by atoms with Crippen LogP contribution >= 0.6 is 0 Å². The van der Waals surface area contributed by atoms with Gasteiger partial charge in [0.05, 0.1) is 12.8 Å².